The summed E-state index contributed by atoms with van der Waals surface area (Å²) in [6.45, 7) is 3.51. The Morgan fingerprint density at radius 1 is 1.10 bits per heavy atom. The number of hydrogen-bond acceptors (Lipinski definition) is 3. The number of anilines is 2. The lowest BCUT2D eigenvalue weighted by molar-refractivity contribution is 0.600. The molecule has 0 fully saturated rings. The van der Waals surface area contributed by atoms with Crippen LogP contribution in [0.1, 0.15) is 11.1 Å². The number of aryl methyl sites for hydroxylation is 2. The van der Waals surface area contributed by atoms with Gasteiger partial charge in [0.15, 0.2) is 0 Å². The summed E-state index contributed by atoms with van der Waals surface area (Å²) in [6.07, 6.45) is 0. The van der Waals surface area contributed by atoms with Crippen molar-refractivity contribution < 1.29 is 8.42 Å². The van der Waals surface area contributed by atoms with Crippen molar-refractivity contribution in [1.29, 1.82) is 0 Å². The Morgan fingerprint density at radius 2 is 1.75 bits per heavy atom. The Hall–Kier alpha value is -1.72. The summed E-state index contributed by atoms with van der Waals surface area (Å²) in [5.41, 5.74) is 7.91. The molecule has 0 heterocycles. The van der Waals surface area contributed by atoms with Crippen LogP contribution in [0, 0.1) is 13.8 Å². The second-order valence-corrected chi connectivity index (χ2v) is 6.62. The lowest BCUT2D eigenvalue weighted by Gasteiger charge is -2.13. The molecule has 106 valence electrons. The summed E-state index contributed by atoms with van der Waals surface area (Å²) < 4.78 is 27.3. The van der Waals surface area contributed by atoms with Gasteiger partial charge in [0.25, 0.3) is 10.0 Å². The summed E-state index contributed by atoms with van der Waals surface area (Å²) in [6, 6.07) is 9.94. The molecule has 2 aromatic rings. The summed E-state index contributed by atoms with van der Waals surface area (Å²) >= 11 is 5.93. The number of rotatable bonds is 3. The second-order valence-electron chi connectivity index (χ2n) is 4.56. The number of halogens is 1. The van der Waals surface area contributed by atoms with Crippen LogP contribution in [0.25, 0.3) is 0 Å². The van der Waals surface area contributed by atoms with Crippen molar-refractivity contribution >= 4 is 33.0 Å². The molecule has 0 spiro atoms. The van der Waals surface area contributed by atoms with Gasteiger partial charge in [0, 0.05) is 0 Å². The molecular weight excluding hydrogens is 296 g/mol. The molecule has 2 aromatic carbocycles. The lowest BCUT2D eigenvalue weighted by Crippen LogP contribution is -2.15. The smallest absolute Gasteiger partial charge is 0.262 e. The predicted molar refractivity (Wildman–Crippen MR) is 82.6 cm³/mol. The van der Waals surface area contributed by atoms with Gasteiger partial charge in [0.05, 0.1) is 21.3 Å². The maximum Gasteiger partial charge on any atom is 0.262 e. The molecule has 2 rings (SSSR count). The van der Waals surface area contributed by atoms with E-state index in [0.717, 1.165) is 0 Å². The van der Waals surface area contributed by atoms with Gasteiger partial charge in [-0.15, -0.1) is 0 Å². The number of hydrogen-bond donors (Lipinski definition) is 2. The Bertz CT molecular complexity index is 758. The Balaban J connectivity index is 2.44. The van der Waals surface area contributed by atoms with Crippen LogP contribution in [-0.4, -0.2) is 8.42 Å². The quantitative estimate of drug-likeness (QED) is 0.854. The molecule has 0 saturated carbocycles. The molecule has 0 aliphatic carbocycles. The number of nitrogens with two attached hydrogens (primary N) is 1. The SMILES string of the molecule is Cc1cc(N)c(Cl)cc1NS(=O)(=O)c1ccccc1C. The molecule has 0 aromatic heterocycles. The molecule has 6 heteroatoms. The molecule has 20 heavy (non-hydrogen) atoms. The first-order valence-electron chi connectivity index (χ1n) is 5.95. The van der Waals surface area contributed by atoms with E-state index < -0.39 is 10.0 Å². The Kier molecular flexibility index (Phi) is 3.92. The number of sulfonamides is 1. The number of nitrogens with one attached hydrogen (secondary N) is 1. The largest absolute Gasteiger partial charge is 0.398 e. The van der Waals surface area contributed by atoms with Gasteiger partial charge in [-0.05, 0) is 43.2 Å². The van der Waals surface area contributed by atoms with Gasteiger partial charge in [0.2, 0.25) is 0 Å². The zero-order chi connectivity index (χ0) is 14.9. The number of nitrogen functional groups attached to an aromatic ring is 1. The van der Waals surface area contributed by atoms with Crippen LogP contribution in [0.3, 0.4) is 0 Å². The van der Waals surface area contributed by atoms with Crippen LogP contribution < -0.4 is 10.5 Å². The highest BCUT2D eigenvalue weighted by atomic mass is 35.5. The molecule has 0 aliphatic rings. The van der Waals surface area contributed by atoms with Gasteiger partial charge in [0.1, 0.15) is 0 Å². The van der Waals surface area contributed by atoms with E-state index in [0.29, 0.717) is 27.5 Å². The van der Waals surface area contributed by atoms with Gasteiger partial charge >= 0.3 is 0 Å². The van der Waals surface area contributed by atoms with E-state index in [1.807, 2.05) is 0 Å². The molecule has 0 bridgehead atoms. The molecule has 3 N–H and O–H groups in total. The lowest BCUT2D eigenvalue weighted by atomic mass is 10.2. The van der Waals surface area contributed by atoms with Crippen molar-refractivity contribution in [2.24, 2.45) is 0 Å². The van der Waals surface area contributed by atoms with Crippen molar-refractivity contribution in [3.8, 4) is 0 Å². The van der Waals surface area contributed by atoms with Crippen molar-refractivity contribution in [3.05, 3.63) is 52.5 Å². The third kappa shape index (κ3) is 2.89. The van der Waals surface area contributed by atoms with Gasteiger partial charge in [-0.1, -0.05) is 29.8 Å². The maximum absolute atomic E-state index is 12.4. The Labute approximate surface area is 123 Å². The van der Waals surface area contributed by atoms with Crippen LogP contribution >= 0.6 is 11.6 Å². The minimum absolute atomic E-state index is 0.243. The van der Waals surface area contributed by atoms with E-state index in [1.165, 1.54) is 6.07 Å². The minimum Gasteiger partial charge on any atom is -0.398 e. The van der Waals surface area contributed by atoms with Crippen LogP contribution in [0.2, 0.25) is 5.02 Å². The third-order valence-corrected chi connectivity index (χ3v) is 4.82. The fraction of sp³-hybridized carbons (Fsp3) is 0.143. The highest BCUT2D eigenvalue weighted by Gasteiger charge is 2.17. The van der Waals surface area contributed by atoms with Crippen molar-refractivity contribution in [1.82, 2.24) is 0 Å². The molecule has 0 saturated heterocycles. The highest BCUT2D eigenvalue weighted by Crippen LogP contribution is 2.28. The van der Waals surface area contributed by atoms with Crippen LogP contribution in [-0.2, 0) is 10.0 Å². The second kappa shape index (κ2) is 5.34. The summed E-state index contributed by atoms with van der Waals surface area (Å²) in [5, 5.41) is 0.318. The molecule has 4 nitrogen and oxygen atoms in total. The summed E-state index contributed by atoms with van der Waals surface area (Å²) in [7, 11) is -3.65. The molecule has 0 unspecified atom stereocenters. The molecule has 0 aliphatic heterocycles. The van der Waals surface area contributed by atoms with E-state index >= 15 is 0 Å². The van der Waals surface area contributed by atoms with Gasteiger partial charge in [-0.2, -0.15) is 0 Å². The van der Waals surface area contributed by atoms with Gasteiger partial charge in [-0.3, -0.25) is 4.72 Å². The first kappa shape index (κ1) is 14.7. The highest BCUT2D eigenvalue weighted by molar-refractivity contribution is 7.92. The first-order valence-corrected chi connectivity index (χ1v) is 7.81. The summed E-state index contributed by atoms with van der Waals surface area (Å²) in [5.74, 6) is 0. The molecule has 0 amide bonds. The molecular formula is C14H15ClN2O2S. The first-order chi connectivity index (χ1) is 9.31. The molecule has 0 atom stereocenters. The normalized spacial score (nSPS) is 11.3. The van der Waals surface area contributed by atoms with E-state index in [9.17, 15) is 8.42 Å². The third-order valence-electron chi connectivity index (χ3n) is 2.97. The van der Waals surface area contributed by atoms with E-state index in [-0.39, 0.29) is 4.90 Å². The van der Waals surface area contributed by atoms with Crippen molar-refractivity contribution in [2.75, 3.05) is 10.5 Å². The zero-order valence-corrected chi connectivity index (χ0v) is 12.7. The summed E-state index contributed by atoms with van der Waals surface area (Å²) in [4.78, 5) is 0.243. The van der Waals surface area contributed by atoms with Gasteiger partial charge in [-0.25, -0.2) is 8.42 Å². The zero-order valence-electron chi connectivity index (χ0n) is 11.1. The Morgan fingerprint density at radius 3 is 2.40 bits per heavy atom. The fourth-order valence-electron chi connectivity index (χ4n) is 1.87. The number of benzene rings is 2. The average molecular weight is 311 g/mol. The van der Waals surface area contributed by atoms with E-state index in [1.54, 1.807) is 44.2 Å². The molecule has 0 radical (unpaired) electrons. The monoisotopic (exact) mass is 310 g/mol. The van der Waals surface area contributed by atoms with Crippen LogP contribution in [0.4, 0.5) is 11.4 Å². The average Bonchev–Trinajstić information content (AvgIpc) is 2.36. The van der Waals surface area contributed by atoms with Crippen LogP contribution in [0.5, 0.6) is 0 Å². The van der Waals surface area contributed by atoms with Crippen LogP contribution in [0.15, 0.2) is 41.3 Å². The minimum atomic E-state index is -3.65. The predicted octanol–water partition coefficient (Wildman–Crippen LogP) is 3.34. The van der Waals surface area contributed by atoms with E-state index in [2.05, 4.69) is 4.72 Å². The van der Waals surface area contributed by atoms with Crippen molar-refractivity contribution in [3.63, 3.8) is 0 Å². The maximum atomic E-state index is 12.4. The standard InChI is InChI=1S/C14H15ClN2O2S/c1-9-5-3-4-6-14(9)20(18,19)17-13-8-11(15)12(16)7-10(13)2/h3-8,17H,16H2,1-2H3. The topological polar surface area (TPSA) is 72.2 Å². The van der Waals surface area contributed by atoms with E-state index in [4.69, 9.17) is 17.3 Å². The van der Waals surface area contributed by atoms with Crippen molar-refractivity contribution in [2.45, 2.75) is 18.7 Å². The van der Waals surface area contributed by atoms with Gasteiger partial charge < -0.3 is 5.73 Å². The fourth-order valence-corrected chi connectivity index (χ4v) is 3.40.